The predicted molar refractivity (Wildman–Crippen MR) is 42.3 cm³/mol. The van der Waals surface area contributed by atoms with Crippen molar-refractivity contribution in [1.29, 1.82) is 0 Å². The Bertz CT molecular complexity index is 301. The van der Waals surface area contributed by atoms with Crippen molar-refractivity contribution in [3.8, 4) is 0 Å². The standard InChI is InChI=1S/C8H9F3N2O/c1-7(2,14)6-12-4-3-5(13-6)8(9,10)11/h3-4,14H,1-2H3. The maximum Gasteiger partial charge on any atom is 0.433 e. The van der Waals surface area contributed by atoms with Crippen LogP contribution in [0.3, 0.4) is 0 Å². The molecular formula is C8H9F3N2O. The Labute approximate surface area is 78.6 Å². The topological polar surface area (TPSA) is 46.0 Å². The molecule has 1 aromatic heterocycles. The Hall–Kier alpha value is -1.17. The van der Waals surface area contributed by atoms with Crippen molar-refractivity contribution in [3.63, 3.8) is 0 Å². The van der Waals surface area contributed by atoms with Crippen molar-refractivity contribution in [3.05, 3.63) is 23.8 Å². The summed E-state index contributed by atoms with van der Waals surface area (Å²) in [6.45, 7) is 2.64. The van der Waals surface area contributed by atoms with Crippen molar-refractivity contribution in [1.82, 2.24) is 9.97 Å². The first-order valence-electron chi connectivity index (χ1n) is 3.84. The Morgan fingerprint density at radius 1 is 1.29 bits per heavy atom. The molecule has 0 aliphatic heterocycles. The van der Waals surface area contributed by atoms with Gasteiger partial charge in [-0.1, -0.05) is 0 Å². The third kappa shape index (κ3) is 2.41. The summed E-state index contributed by atoms with van der Waals surface area (Å²) < 4.78 is 36.6. The van der Waals surface area contributed by atoms with Gasteiger partial charge in [-0.25, -0.2) is 9.97 Å². The summed E-state index contributed by atoms with van der Waals surface area (Å²) in [7, 11) is 0. The molecule has 14 heavy (non-hydrogen) atoms. The van der Waals surface area contributed by atoms with E-state index in [1.165, 1.54) is 13.8 Å². The highest BCUT2D eigenvalue weighted by Crippen LogP contribution is 2.28. The molecule has 78 valence electrons. The molecule has 0 aliphatic carbocycles. The second kappa shape index (κ2) is 3.20. The van der Waals surface area contributed by atoms with Crippen LogP contribution >= 0.6 is 0 Å². The van der Waals surface area contributed by atoms with E-state index in [0.717, 1.165) is 12.3 Å². The number of hydrogen-bond donors (Lipinski definition) is 1. The minimum absolute atomic E-state index is 0.243. The maximum atomic E-state index is 12.2. The first-order chi connectivity index (χ1) is 6.21. The fourth-order valence-corrected chi connectivity index (χ4v) is 0.811. The molecule has 3 nitrogen and oxygen atoms in total. The predicted octanol–water partition coefficient (Wildman–Crippen LogP) is 1.72. The van der Waals surface area contributed by atoms with Crippen LogP contribution in [0.1, 0.15) is 25.4 Å². The minimum Gasteiger partial charge on any atom is -0.382 e. The molecular weight excluding hydrogens is 197 g/mol. The molecule has 0 saturated heterocycles. The second-order valence-electron chi connectivity index (χ2n) is 3.32. The van der Waals surface area contributed by atoms with E-state index >= 15 is 0 Å². The molecule has 0 unspecified atom stereocenters. The van der Waals surface area contributed by atoms with Gasteiger partial charge in [-0.05, 0) is 19.9 Å². The number of rotatable bonds is 1. The van der Waals surface area contributed by atoms with Crippen molar-refractivity contribution in [2.45, 2.75) is 25.6 Å². The van der Waals surface area contributed by atoms with Gasteiger partial charge in [-0.3, -0.25) is 0 Å². The Kier molecular flexibility index (Phi) is 2.49. The van der Waals surface area contributed by atoms with Crippen LogP contribution in [0.4, 0.5) is 13.2 Å². The summed E-state index contributed by atoms with van der Waals surface area (Å²) >= 11 is 0. The lowest BCUT2D eigenvalue weighted by molar-refractivity contribution is -0.141. The van der Waals surface area contributed by atoms with E-state index in [1.54, 1.807) is 0 Å². The lowest BCUT2D eigenvalue weighted by Gasteiger charge is -2.16. The van der Waals surface area contributed by atoms with Gasteiger partial charge < -0.3 is 5.11 Å². The van der Waals surface area contributed by atoms with E-state index < -0.39 is 17.5 Å². The van der Waals surface area contributed by atoms with Gasteiger partial charge in [0.25, 0.3) is 0 Å². The summed E-state index contributed by atoms with van der Waals surface area (Å²) in [5, 5.41) is 9.39. The SMILES string of the molecule is CC(C)(O)c1nccc(C(F)(F)F)n1. The van der Waals surface area contributed by atoms with Gasteiger partial charge in [0.1, 0.15) is 11.3 Å². The average Bonchev–Trinajstić information content (AvgIpc) is 2.01. The highest BCUT2D eigenvalue weighted by atomic mass is 19.4. The molecule has 0 spiro atoms. The summed E-state index contributed by atoms with van der Waals surface area (Å²) in [6, 6.07) is 0.759. The van der Waals surface area contributed by atoms with Crippen LogP contribution in [-0.2, 0) is 11.8 Å². The molecule has 0 fully saturated rings. The van der Waals surface area contributed by atoms with Gasteiger partial charge in [0, 0.05) is 6.20 Å². The third-order valence-electron chi connectivity index (χ3n) is 1.49. The normalized spacial score (nSPS) is 13.0. The highest BCUT2D eigenvalue weighted by molar-refractivity contribution is 5.09. The quantitative estimate of drug-likeness (QED) is 0.761. The highest BCUT2D eigenvalue weighted by Gasteiger charge is 2.34. The molecule has 0 amide bonds. The summed E-state index contributed by atoms with van der Waals surface area (Å²) in [5.74, 6) is -0.243. The first-order valence-corrected chi connectivity index (χ1v) is 3.84. The fourth-order valence-electron chi connectivity index (χ4n) is 0.811. The summed E-state index contributed by atoms with van der Waals surface area (Å²) in [6.07, 6.45) is -3.54. The maximum absolute atomic E-state index is 12.2. The van der Waals surface area contributed by atoms with E-state index in [4.69, 9.17) is 0 Å². The third-order valence-corrected chi connectivity index (χ3v) is 1.49. The van der Waals surface area contributed by atoms with Crippen LogP contribution in [0.5, 0.6) is 0 Å². The number of hydrogen-bond acceptors (Lipinski definition) is 3. The number of aromatic nitrogens is 2. The van der Waals surface area contributed by atoms with E-state index in [0.29, 0.717) is 0 Å². The fraction of sp³-hybridized carbons (Fsp3) is 0.500. The molecule has 0 aliphatic rings. The zero-order valence-corrected chi connectivity index (χ0v) is 7.63. The van der Waals surface area contributed by atoms with Crippen molar-refractivity contribution < 1.29 is 18.3 Å². The van der Waals surface area contributed by atoms with Crippen molar-refractivity contribution in [2.24, 2.45) is 0 Å². The molecule has 0 aromatic carbocycles. The second-order valence-corrected chi connectivity index (χ2v) is 3.32. The van der Waals surface area contributed by atoms with E-state index in [-0.39, 0.29) is 5.82 Å². The molecule has 1 N–H and O–H groups in total. The number of aliphatic hydroxyl groups is 1. The number of nitrogens with zero attached hydrogens (tertiary/aromatic N) is 2. The lowest BCUT2D eigenvalue weighted by atomic mass is 10.1. The molecule has 1 aromatic rings. The molecule has 1 heterocycles. The van der Waals surface area contributed by atoms with Crippen LogP contribution in [0.2, 0.25) is 0 Å². The number of halogens is 3. The van der Waals surface area contributed by atoms with E-state index in [1.807, 2.05) is 0 Å². The van der Waals surface area contributed by atoms with Gasteiger partial charge >= 0.3 is 6.18 Å². The summed E-state index contributed by atoms with van der Waals surface area (Å²) in [5.41, 5.74) is -2.52. The van der Waals surface area contributed by atoms with Gasteiger partial charge in [-0.2, -0.15) is 13.2 Å². The molecule has 1 rings (SSSR count). The summed E-state index contributed by atoms with van der Waals surface area (Å²) in [4.78, 5) is 6.79. The van der Waals surface area contributed by atoms with Crippen LogP contribution in [0, 0.1) is 0 Å². The van der Waals surface area contributed by atoms with Crippen molar-refractivity contribution >= 4 is 0 Å². The van der Waals surface area contributed by atoms with Gasteiger partial charge in [0.2, 0.25) is 0 Å². The Balaban J connectivity index is 3.15. The smallest absolute Gasteiger partial charge is 0.382 e. The van der Waals surface area contributed by atoms with Crippen LogP contribution in [0.15, 0.2) is 12.3 Å². The van der Waals surface area contributed by atoms with Crippen LogP contribution < -0.4 is 0 Å². The lowest BCUT2D eigenvalue weighted by Crippen LogP contribution is -2.22. The largest absolute Gasteiger partial charge is 0.433 e. The first kappa shape index (κ1) is 10.9. The molecule has 0 radical (unpaired) electrons. The molecule has 0 atom stereocenters. The zero-order valence-electron chi connectivity index (χ0n) is 7.63. The Morgan fingerprint density at radius 2 is 1.86 bits per heavy atom. The monoisotopic (exact) mass is 206 g/mol. The van der Waals surface area contributed by atoms with Gasteiger partial charge in [0.15, 0.2) is 5.82 Å². The van der Waals surface area contributed by atoms with E-state index in [2.05, 4.69) is 9.97 Å². The van der Waals surface area contributed by atoms with Gasteiger partial charge in [-0.15, -0.1) is 0 Å². The van der Waals surface area contributed by atoms with Crippen LogP contribution in [0.25, 0.3) is 0 Å². The van der Waals surface area contributed by atoms with Crippen molar-refractivity contribution in [2.75, 3.05) is 0 Å². The Morgan fingerprint density at radius 3 is 2.29 bits per heavy atom. The van der Waals surface area contributed by atoms with Gasteiger partial charge in [0.05, 0.1) is 0 Å². The zero-order chi connectivity index (χ0) is 11.0. The molecule has 0 saturated carbocycles. The van der Waals surface area contributed by atoms with E-state index in [9.17, 15) is 18.3 Å². The number of alkyl halides is 3. The minimum atomic E-state index is -4.51. The van der Waals surface area contributed by atoms with Crippen LogP contribution in [-0.4, -0.2) is 15.1 Å². The molecule has 0 bridgehead atoms. The average molecular weight is 206 g/mol. The molecule has 6 heteroatoms.